The highest BCUT2D eigenvalue weighted by atomic mass is 35.5. The van der Waals surface area contributed by atoms with Crippen LogP contribution in [-0.2, 0) is 26.9 Å². The fourth-order valence-corrected chi connectivity index (χ4v) is 5.83. The van der Waals surface area contributed by atoms with Gasteiger partial charge in [-0.25, -0.2) is 4.79 Å². The number of halogens is 4. The summed E-state index contributed by atoms with van der Waals surface area (Å²) in [6, 6.07) is 25.7. The van der Waals surface area contributed by atoms with Crippen LogP contribution in [0, 0.1) is 0 Å². The zero-order chi connectivity index (χ0) is 32.1. The number of aryl methyl sites for hydroxylation is 1. The molecule has 0 bridgehead atoms. The van der Waals surface area contributed by atoms with Crippen LogP contribution in [0.4, 0.5) is 23.7 Å². The molecule has 0 spiro atoms. The lowest BCUT2D eigenvalue weighted by atomic mass is 9.98. The molecule has 0 aromatic heterocycles. The summed E-state index contributed by atoms with van der Waals surface area (Å²) >= 11 is 5.89. The number of ether oxygens (including phenoxy) is 1. The topological polar surface area (TPSA) is 95.9 Å². The molecule has 11 heteroatoms. The molecule has 1 aliphatic rings. The molecule has 7 nitrogen and oxygen atoms in total. The molecule has 1 aliphatic carbocycles. The van der Waals surface area contributed by atoms with Crippen LogP contribution >= 0.6 is 11.6 Å². The third-order valence-electron chi connectivity index (χ3n) is 7.62. The largest absolute Gasteiger partial charge is 0.480 e. The molecule has 1 atom stereocenters. The number of benzene rings is 4. The van der Waals surface area contributed by atoms with E-state index in [-0.39, 0.29) is 25.4 Å². The molecule has 0 heterocycles. The maximum atomic E-state index is 13.8. The molecule has 0 saturated carbocycles. The summed E-state index contributed by atoms with van der Waals surface area (Å²) in [6.07, 6.45) is -5.56. The first-order chi connectivity index (χ1) is 21.5. The van der Waals surface area contributed by atoms with E-state index in [1.54, 1.807) is 30.3 Å². The van der Waals surface area contributed by atoms with E-state index in [1.165, 1.54) is 6.07 Å². The first kappa shape index (κ1) is 31.6. The van der Waals surface area contributed by atoms with Gasteiger partial charge in [0.1, 0.15) is 19.2 Å². The van der Waals surface area contributed by atoms with Crippen molar-refractivity contribution in [3.63, 3.8) is 0 Å². The minimum Gasteiger partial charge on any atom is -0.480 e. The number of carbonyl (C=O) groups is 3. The normalized spacial score (nSPS) is 13.0. The molecular formula is C34H28ClF3N2O5. The minimum absolute atomic E-state index is 0.0210. The number of amides is 2. The minimum atomic E-state index is -4.63. The van der Waals surface area contributed by atoms with Crippen molar-refractivity contribution in [3.05, 3.63) is 124 Å². The van der Waals surface area contributed by atoms with E-state index < -0.39 is 47.3 Å². The van der Waals surface area contributed by atoms with Crippen LogP contribution in [0.1, 0.15) is 34.6 Å². The van der Waals surface area contributed by atoms with Gasteiger partial charge in [0.25, 0.3) is 0 Å². The Balaban J connectivity index is 1.36. The zero-order valence-electron chi connectivity index (χ0n) is 23.8. The molecule has 5 rings (SSSR count). The van der Waals surface area contributed by atoms with E-state index in [9.17, 15) is 32.7 Å². The SMILES string of the molecule is O=C(O)CN(C(=O)[C@H](CCc1ccc(C(F)(F)F)c(Cl)c1)NC(=O)OCC1c2ccccc2-c2ccccc21)c1ccccc1. The number of alkyl carbamates (subject to hydrolysis) is 1. The Morgan fingerprint density at radius 2 is 1.49 bits per heavy atom. The lowest BCUT2D eigenvalue weighted by molar-refractivity contribution is -0.138. The van der Waals surface area contributed by atoms with Gasteiger partial charge in [-0.15, -0.1) is 0 Å². The lowest BCUT2D eigenvalue weighted by Crippen LogP contribution is -2.50. The van der Waals surface area contributed by atoms with Gasteiger partial charge < -0.3 is 15.2 Å². The van der Waals surface area contributed by atoms with Gasteiger partial charge in [-0.2, -0.15) is 13.2 Å². The van der Waals surface area contributed by atoms with Crippen molar-refractivity contribution in [2.75, 3.05) is 18.1 Å². The van der Waals surface area contributed by atoms with Gasteiger partial charge in [0, 0.05) is 11.6 Å². The number of fused-ring (bicyclic) bond motifs is 3. The molecule has 4 aromatic rings. The highest BCUT2D eigenvalue weighted by Gasteiger charge is 2.34. The van der Waals surface area contributed by atoms with Gasteiger partial charge >= 0.3 is 18.2 Å². The fraction of sp³-hybridized carbons (Fsp3) is 0.206. The standard InChI is InChI=1S/C34H28ClF3N2O5/c35-29-18-21(14-16-28(29)34(36,37)38)15-17-30(32(43)40(19-31(41)42)22-8-2-1-3-9-22)39-33(44)45-20-27-25-12-6-4-10-23(25)24-11-5-7-13-26(24)27/h1-14,16,18,27,30H,15,17,19-20H2,(H,39,44)(H,41,42)/t30-/m0/s1. The Bertz CT molecular complexity index is 1670. The Labute approximate surface area is 262 Å². The summed E-state index contributed by atoms with van der Waals surface area (Å²) in [5.41, 5.74) is 3.76. The summed E-state index contributed by atoms with van der Waals surface area (Å²) in [7, 11) is 0. The van der Waals surface area contributed by atoms with Crippen molar-refractivity contribution in [2.45, 2.75) is 31.0 Å². The highest BCUT2D eigenvalue weighted by Crippen LogP contribution is 2.44. The number of anilines is 1. The Kier molecular flexibility index (Phi) is 9.43. The van der Waals surface area contributed by atoms with E-state index >= 15 is 0 Å². The van der Waals surface area contributed by atoms with E-state index in [0.717, 1.165) is 39.3 Å². The monoisotopic (exact) mass is 636 g/mol. The van der Waals surface area contributed by atoms with Crippen LogP contribution in [0.25, 0.3) is 11.1 Å². The number of carbonyl (C=O) groups excluding carboxylic acids is 2. The summed E-state index contributed by atoms with van der Waals surface area (Å²) in [4.78, 5) is 39.7. The predicted octanol–water partition coefficient (Wildman–Crippen LogP) is 7.32. The maximum Gasteiger partial charge on any atom is 0.417 e. The molecule has 45 heavy (non-hydrogen) atoms. The van der Waals surface area contributed by atoms with Crippen LogP contribution in [0.15, 0.2) is 97.1 Å². The smallest absolute Gasteiger partial charge is 0.417 e. The average Bonchev–Trinajstić information content (AvgIpc) is 3.34. The van der Waals surface area contributed by atoms with Crippen molar-refractivity contribution in [1.82, 2.24) is 5.32 Å². The van der Waals surface area contributed by atoms with Gasteiger partial charge in [-0.05, 0) is 64.9 Å². The van der Waals surface area contributed by atoms with Crippen molar-refractivity contribution in [3.8, 4) is 11.1 Å². The molecule has 0 fully saturated rings. The number of nitrogens with zero attached hydrogens (tertiary/aromatic N) is 1. The Morgan fingerprint density at radius 3 is 2.07 bits per heavy atom. The molecule has 2 N–H and O–H groups in total. The van der Waals surface area contributed by atoms with Crippen LogP contribution in [0.3, 0.4) is 0 Å². The molecule has 4 aromatic carbocycles. The van der Waals surface area contributed by atoms with Crippen molar-refractivity contribution >= 4 is 35.3 Å². The first-order valence-corrected chi connectivity index (χ1v) is 14.5. The second-order valence-electron chi connectivity index (χ2n) is 10.5. The van der Waals surface area contributed by atoms with Gasteiger partial charge in [-0.1, -0.05) is 84.4 Å². The van der Waals surface area contributed by atoms with Crippen LogP contribution < -0.4 is 10.2 Å². The molecule has 0 saturated heterocycles. The molecule has 232 valence electrons. The van der Waals surface area contributed by atoms with Crippen LogP contribution in [0.5, 0.6) is 0 Å². The molecule has 0 radical (unpaired) electrons. The molecule has 0 unspecified atom stereocenters. The number of rotatable bonds is 10. The van der Waals surface area contributed by atoms with Crippen molar-refractivity contribution in [1.29, 1.82) is 0 Å². The number of hydrogen-bond donors (Lipinski definition) is 2. The Hall–Kier alpha value is -4.83. The number of carboxylic acid groups (broad SMARTS) is 1. The second kappa shape index (κ2) is 13.4. The van der Waals surface area contributed by atoms with Crippen molar-refractivity contribution in [2.24, 2.45) is 0 Å². The lowest BCUT2D eigenvalue weighted by Gasteiger charge is -2.27. The quantitative estimate of drug-likeness (QED) is 0.190. The molecule has 2 amide bonds. The van der Waals surface area contributed by atoms with Crippen LogP contribution in [0.2, 0.25) is 5.02 Å². The summed E-state index contributed by atoms with van der Waals surface area (Å²) < 4.78 is 45.2. The van der Waals surface area contributed by atoms with E-state index in [0.29, 0.717) is 11.3 Å². The Morgan fingerprint density at radius 1 is 0.889 bits per heavy atom. The number of alkyl halides is 3. The molecule has 0 aliphatic heterocycles. The van der Waals surface area contributed by atoms with Crippen molar-refractivity contribution < 1.29 is 37.4 Å². The highest BCUT2D eigenvalue weighted by molar-refractivity contribution is 6.31. The van der Waals surface area contributed by atoms with E-state index in [4.69, 9.17) is 16.3 Å². The maximum absolute atomic E-state index is 13.8. The summed E-state index contributed by atoms with van der Waals surface area (Å²) in [5.74, 6) is -2.24. The van der Waals surface area contributed by atoms with Crippen LogP contribution in [-0.4, -0.2) is 42.3 Å². The van der Waals surface area contributed by atoms with E-state index in [2.05, 4.69) is 5.32 Å². The third kappa shape index (κ3) is 7.29. The fourth-order valence-electron chi connectivity index (χ4n) is 5.52. The molecular weight excluding hydrogens is 609 g/mol. The number of aliphatic carboxylic acids is 1. The average molecular weight is 637 g/mol. The number of hydrogen-bond acceptors (Lipinski definition) is 4. The van der Waals surface area contributed by atoms with Gasteiger partial charge in [0.05, 0.1) is 10.6 Å². The third-order valence-corrected chi connectivity index (χ3v) is 7.93. The zero-order valence-corrected chi connectivity index (χ0v) is 24.5. The van der Waals surface area contributed by atoms with Gasteiger partial charge in [-0.3, -0.25) is 14.5 Å². The predicted molar refractivity (Wildman–Crippen MR) is 163 cm³/mol. The van der Waals surface area contributed by atoms with Gasteiger partial charge in [0.2, 0.25) is 5.91 Å². The van der Waals surface area contributed by atoms with Gasteiger partial charge in [0.15, 0.2) is 0 Å². The summed E-state index contributed by atoms with van der Waals surface area (Å²) in [5, 5.41) is 11.6. The number of para-hydroxylation sites is 1. The second-order valence-corrected chi connectivity index (χ2v) is 10.9. The number of carboxylic acids is 1. The number of nitrogens with one attached hydrogen (secondary N) is 1. The van der Waals surface area contributed by atoms with E-state index in [1.807, 2.05) is 48.5 Å². The first-order valence-electron chi connectivity index (χ1n) is 14.1. The summed E-state index contributed by atoms with van der Waals surface area (Å²) in [6.45, 7) is -0.704.